The lowest BCUT2D eigenvalue weighted by Crippen LogP contribution is -2.59. The van der Waals surface area contributed by atoms with Crippen molar-refractivity contribution in [1.82, 2.24) is 25.6 Å². The van der Waals surface area contributed by atoms with Crippen LogP contribution in [0.25, 0.3) is 5.57 Å². The van der Waals surface area contributed by atoms with E-state index in [0.29, 0.717) is 5.92 Å². The molecule has 7 rings (SSSR count). The number of nitrogens with zero attached hydrogens (tertiary/aromatic N) is 5. The molecule has 8 heteroatoms. The molecule has 8 nitrogen and oxygen atoms in total. The standard InChI is InChI=1S/C37H57N7O/c1-34(2)19-23(20-35(3,4)42-34)27-25-13-11-9-10-12-14-26(25)28-29(30(27)38-24-21-36(5,6)43-37(7,8)22-24)32-39-31(28)40-33(41-32)44-15-17-45-18-16-44/h23-24,29,42-43H,9-22H2,1-8H3. The quantitative estimate of drug-likeness (QED) is 0.400. The number of fused-ring (bicyclic) bond motifs is 6. The van der Waals surface area contributed by atoms with E-state index in [0.717, 1.165) is 82.4 Å². The maximum absolute atomic E-state index is 5.95. The molecule has 0 radical (unpaired) electrons. The highest BCUT2D eigenvalue weighted by Gasteiger charge is 2.49. The SMILES string of the molecule is CC1(C)CC(N=C2C(C3CC(C)(C)NC(C)(C)C3)=C3CCCCCCC3=C3c4nc(nc(N5CCOCC5)n4)C23)CC(C)(C)N1. The molecule has 4 aliphatic heterocycles. The van der Waals surface area contributed by atoms with Crippen LogP contribution in [0.3, 0.4) is 0 Å². The topological polar surface area (TPSA) is 87.6 Å². The van der Waals surface area contributed by atoms with Crippen LogP contribution in [0.1, 0.15) is 137 Å². The Balaban J connectivity index is 1.43. The van der Waals surface area contributed by atoms with Crippen molar-refractivity contribution in [3.63, 3.8) is 0 Å². The molecule has 0 spiro atoms. The molecule has 246 valence electrons. The summed E-state index contributed by atoms with van der Waals surface area (Å²) >= 11 is 0. The number of rotatable bonds is 3. The van der Waals surface area contributed by atoms with Crippen LogP contribution in [-0.2, 0) is 4.74 Å². The lowest BCUT2D eigenvalue weighted by atomic mass is 9.65. The van der Waals surface area contributed by atoms with E-state index in [1.54, 1.807) is 11.1 Å². The second kappa shape index (κ2) is 11.2. The van der Waals surface area contributed by atoms with Gasteiger partial charge < -0.3 is 20.3 Å². The van der Waals surface area contributed by atoms with Gasteiger partial charge in [-0.1, -0.05) is 12.8 Å². The molecule has 5 heterocycles. The van der Waals surface area contributed by atoms with E-state index in [4.69, 9.17) is 24.7 Å². The van der Waals surface area contributed by atoms with Crippen molar-refractivity contribution in [3.05, 3.63) is 28.4 Å². The van der Waals surface area contributed by atoms with Gasteiger partial charge in [0.15, 0.2) is 5.82 Å². The van der Waals surface area contributed by atoms with Gasteiger partial charge in [-0.3, -0.25) is 4.99 Å². The summed E-state index contributed by atoms with van der Waals surface area (Å²) in [6.07, 6.45) is 11.6. The van der Waals surface area contributed by atoms with E-state index in [2.05, 4.69) is 70.9 Å². The Hall–Kier alpha value is -2.16. The number of hydrogen-bond acceptors (Lipinski definition) is 8. The summed E-state index contributed by atoms with van der Waals surface area (Å²) in [6, 6.07) is 0.242. The molecular weight excluding hydrogens is 558 g/mol. The Morgan fingerprint density at radius 1 is 0.689 bits per heavy atom. The van der Waals surface area contributed by atoms with Gasteiger partial charge in [-0.25, -0.2) is 4.98 Å². The van der Waals surface area contributed by atoms with E-state index in [1.807, 2.05) is 0 Å². The number of nitrogens with one attached hydrogen (secondary N) is 2. The molecule has 1 aromatic heterocycles. The van der Waals surface area contributed by atoms with Gasteiger partial charge in [-0.05, 0) is 129 Å². The van der Waals surface area contributed by atoms with E-state index in [1.165, 1.54) is 42.5 Å². The number of anilines is 1. The first-order valence-corrected chi connectivity index (χ1v) is 17.9. The Kier molecular flexibility index (Phi) is 7.84. The zero-order chi connectivity index (χ0) is 31.8. The third-order valence-electron chi connectivity index (χ3n) is 11.0. The van der Waals surface area contributed by atoms with Gasteiger partial charge in [-0.15, -0.1) is 0 Å². The maximum atomic E-state index is 5.95. The number of allylic oxidation sites excluding steroid dienone is 4. The van der Waals surface area contributed by atoms with Crippen LogP contribution in [0.2, 0.25) is 0 Å². The van der Waals surface area contributed by atoms with E-state index < -0.39 is 0 Å². The Morgan fingerprint density at radius 2 is 1.24 bits per heavy atom. The lowest BCUT2D eigenvalue weighted by Gasteiger charge is -2.49. The van der Waals surface area contributed by atoms with Crippen LogP contribution in [0, 0.1) is 5.92 Å². The Bertz CT molecular complexity index is 1400. The van der Waals surface area contributed by atoms with E-state index in [-0.39, 0.29) is 34.1 Å². The van der Waals surface area contributed by atoms with E-state index >= 15 is 0 Å². The first-order chi connectivity index (χ1) is 21.2. The van der Waals surface area contributed by atoms with Gasteiger partial charge >= 0.3 is 0 Å². The minimum absolute atomic E-state index is 0.0160. The van der Waals surface area contributed by atoms with Crippen molar-refractivity contribution in [2.24, 2.45) is 10.9 Å². The largest absolute Gasteiger partial charge is 0.378 e. The number of aliphatic imine (C=N–C) groups is 1. The van der Waals surface area contributed by atoms with Crippen molar-refractivity contribution in [2.75, 3.05) is 31.2 Å². The molecule has 4 fully saturated rings. The molecule has 2 bridgehead atoms. The van der Waals surface area contributed by atoms with Crippen molar-refractivity contribution in [2.45, 2.75) is 154 Å². The van der Waals surface area contributed by atoms with E-state index in [9.17, 15) is 0 Å². The number of ether oxygens (including phenoxy) is 1. The highest BCUT2D eigenvalue weighted by molar-refractivity contribution is 6.16. The summed E-state index contributed by atoms with van der Waals surface area (Å²) in [5.74, 6) is 3.07. The molecule has 3 saturated heterocycles. The van der Waals surface area contributed by atoms with Crippen LogP contribution in [-0.4, -0.2) is 75.2 Å². The molecule has 6 aliphatic rings. The summed E-state index contributed by atoms with van der Waals surface area (Å²) in [6.45, 7) is 22.0. The van der Waals surface area contributed by atoms with Gasteiger partial charge in [0.2, 0.25) is 5.95 Å². The Morgan fingerprint density at radius 3 is 1.84 bits per heavy atom. The number of hydrogen-bond donors (Lipinski definition) is 2. The second-order valence-electron chi connectivity index (χ2n) is 17.5. The summed E-state index contributed by atoms with van der Waals surface area (Å²) in [5.41, 5.74) is 7.42. The first-order valence-electron chi connectivity index (χ1n) is 17.9. The number of piperidine rings is 2. The summed E-state index contributed by atoms with van der Waals surface area (Å²) in [5, 5.41) is 7.88. The molecule has 45 heavy (non-hydrogen) atoms. The number of morpholine rings is 1. The van der Waals surface area contributed by atoms with Crippen LogP contribution in [0.15, 0.2) is 21.7 Å². The normalized spacial score (nSPS) is 30.6. The van der Waals surface area contributed by atoms with Crippen LogP contribution in [0.5, 0.6) is 0 Å². The van der Waals surface area contributed by atoms with Gasteiger partial charge in [-0.2, -0.15) is 9.97 Å². The van der Waals surface area contributed by atoms with Crippen LogP contribution >= 0.6 is 0 Å². The predicted octanol–water partition coefficient (Wildman–Crippen LogP) is 6.53. The van der Waals surface area contributed by atoms with Crippen molar-refractivity contribution in [1.29, 1.82) is 0 Å². The summed E-state index contributed by atoms with van der Waals surface area (Å²) < 4.78 is 5.68. The first kappa shape index (κ1) is 31.4. The molecule has 0 aromatic carbocycles. The highest BCUT2D eigenvalue weighted by Crippen LogP contribution is 2.53. The van der Waals surface area contributed by atoms with Crippen molar-refractivity contribution < 1.29 is 4.74 Å². The molecule has 1 saturated carbocycles. The fourth-order valence-electron chi connectivity index (χ4n) is 10.2. The molecule has 1 unspecified atom stereocenters. The van der Waals surface area contributed by atoms with Gasteiger partial charge in [0, 0.05) is 40.8 Å². The molecule has 2 N–H and O–H groups in total. The third kappa shape index (κ3) is 6.28. The van der Waals surface area contributed by atoms with Gasteiger partial charge in [0.05, 0.1) is 30.9 Å². The van der Waals surface area contributed by atoms with Gasteiger partial charge in [0.25, 0.3) is 0 Å². The maximum Gasteiger partial charge on any atom is 0.229 e. The lowest BCUT2D eigenvalue weighted by molar-refractivity contribution is 0.122. The Labute approximate surface area is 271 Å². The highest BCUT2D eigenvalue weighted by atomic mass is 16.5. The predicted molar refractivity (Wildman–Crippen MR) is 183 cm³/mol. The second-order valence-corrected chi connectivity index (χ2v) is 17.5. The van der Waals surface area contributed by atoms with Crippen LogP contribution in [0.4, 0.5) is 5.95 Å². The summed E-state index contributed by atoms with van der Waals surface area (Å²) in [4.78, 5) is 23.9. The van der Waals surface area contributed by atoms with Crippen molar-refractivity contribution >= 4 is 17.2 Å². The third-order valence-corrected chi connectivity index (χ3v) is 11.0. The minimum Gasteiger partial charge on any atom is -0.378 e. The zero-order valence-electron chi connectivity index (χ0n) is 29.3. The van der Waals surface area contributed by atoms with Gasteiger partial charge in [0.1, 0.15) is 5.82 Å². The minimum atomic E-state index is -0.0160. The fourth-order valence-corrected chi connectivity index (χ4v) is 10.2. The smallest absolute Gasteiger partial charge is 0.229 e. The van der Waals surface area contributed by atoms with Crippen molar-refractivity contribution in [3.8, 4) is 0 Å². The molecule has 2 aliphatic carbocycles. The molecule has 0 amide bonds. The number of aromatic nitrogens is 3. The molecule has 1 aromatic rings. The fraction of sp³-hybridized carbons (Fsp3) is 0.784. The monoisotopic (exact) mass is 615 g/mol. The van der Waals surface area contributed by atoms with Crippen LogP contribution < -0.4 is 15.5 Å². The zero-order valence-corrected chi connectivity index (χ0v) is 29.3. The molecular formula is C37H57N7O. The molecule has 1 atom stereocenters. The average molecular weight is 616 g/mol. The average Bonchev–Trinajstić information content (AvgIpc) is 3.15. The summed E-state index contributed by atoms with van der Waals surface area (Å²) in [7, 11) is 0.